The molecule has 0 spiro atoms. The maximum absolute atomic E-state index is 12.9. The molecular weight excluding hydrogens is 477 g/mol. The van der Waals surface area contributed by atoms with E-state index in [9.17, 15) is 14.9 Å². The van der Waals surface area contributed by atoms with Gasteiger partial charge in [0.25, 0.3) is 0 Å². The van der Waals surface area contributed by atoms with Crippen LogP contribution >= 0.6 is 35.0 Å². The first-order valence-corrected chi connectivity index (χ1v) is 12.3. The summed E-state index contributed by atoms with van der Waals surface area (Å²) in [6, 6.07) is 17.1. The summed E-state index contributed by atoms with van der Waals surface area (Å²) in [5, 5.41) is 17.5. The highest BCUT2D eigenvalue weighted by atomic mass is 35.5. The second kappa shape index (κ2) is 10.5. The summed E-state index contributed by atoms with van der Waals surface area (Å²) in [6.45, 7) is 0.433. The number of carbonyl (C=O) groups is 2. The lowest BCUT2D eigenvalue weighted by molar-refractivity contribution is -0.119. The van der Waals surface area contributed by atoms with Gasteiger partial charge in [-0.3, -0.25) is 9.59 Å². The molecule has 1 aliphatic carbocycles. The van der Waals surface area contributed by atoms with Crippen LogP contribution in [-0.4, -0.2) is 17.4 Å². The van der Waals surface area contributed by atoms with E-state index in [2.05, 4.69) is 16.7 Å². The average molecular weight is 498 g/mol. The Morgan fingerprint density at radius 3 is 2.70 bits per heavy atom. The first-order valence-electron chi connectivity index (χ1n) is 10.5. The number of benzene rings is 2. The zero-order valence-corrected chi connectivity index (χ0v) is 20.0. The predicted molar refractivity (Wildman–Crippen MR) is 132 cm³/mol. The topological polar surface area (TPSA) is 82.0 Å². The van der Waals surface area contributed by atoms with Crippen molar-refractivity contribution in [2.45, 2.75) is 31.7 Å². The highest BCUT2D eigenvalue weighted by molar-refractivity contribution is 8.03. The first kappa shape index (κ1) is 23.4. The normalized spacial score (nSPS) is 17.8. The summed E-state index contributed by atoms with van der Waals surface area (Å²) in [6.07, 6.45) is 1.86. The van der Waals surface area contributed by atoms with E-state index in [1.54, 1.807) is 18.2 Å². The summed E-state index contributed by atoms with van der Waals surface area (Å²) in [5.41, 5.74) is 3.36. The number of halogens is 2. The standard InChI is InChI=1S/C25H21Cl2N3O2S/c26-18-9-4-8-16(24(18)27)22-17(12-28)25(30-19-10-5-11-20(31)23(19)22)33-14-21(32)29-13-15-6-2-1-3-7-15/h1-4,6-9,22,30H,5,10-11,13-14H2,(H,29,32)/t22-/m1/s1. The van der Waals surface area contributed by atoms with E-state index in [1.807, 2.05) is 30.3 Å². The second-order valence-corrected chi connectivity index (χ2v) is 9.55. The number of hydrogen-bond donors (Lipinski definition) is 2. The monoisotopic (exact) mass is 497 g/mol. The van der Waals surface area contributed by atoms with Crippen LogP contribution in [0.4, 0.5) is 0 Å². The highest BCUT2D eigenvalue weighted by Crippen LogP contribution is 2.46. The van der Waals surface area contributed by atoms with Crippen LogP contribution in [0.3, 0.4) is 0 Å². The van der Waals surface area contributed by atoms with Gasteiger partial charge in [-0.2, -0.15) is 5.26 Å². The summed E-state index contributed by atoms with van der Waals surface area (Å²) < 4.78 is 0. The molecule has 0 aromatic heterocycles. The third-order valence-corrected chi connectivity index (χ3v) is 7.49. The number of nitrogens with one attached hydrogen (secondary N) is 2. The van der Waals surface area contributed by atoms with Gasteiger partial charge in [-0.05, 0) is 30.0 Å². The molecule has 1 amide bonds. The van der Waals surface area contributed by atoms with Gasteiger partial charge in [-0.25, -0.2) is 0 Å². The van der Waals surface area contributed by atoms with Gasteiger partial charge in [-0.15, -0.1) is 0 Å². The maximum atomic E-state index is 12.9. The number of dihydropyridines is 1. The van der Waals surface area contributed by atoms with Crippen LogP contribution in [0.1, 0.15) is 36.3 Å². The van der Waals surface area contributed by atoms with Crippen molar-refractivity contribution in [3.05, 3.63) is 91.6 Å². The molecule has 0 radical (unpaired) electrons. The molecular formula is C25H21Cl2N3O2S. The van der Waals surface area contributed by atoms with Crippen LogP contribution in [0, 0.1) is 11.3 Å². The average Bonchev–Trinajstić information content (AvgIpc) is 2.83. The predicted octanol–water partition coefficient (Wildman–Crippen LogP) is 5.47. The molecule has 1 atom stereocenters. The van der Waals surface area contributed by atoms with E-state index in [0.717, 1.165) is 17.7 Å². The Balaban J connectivity index is 1.60. The van der Waals surface area contributed by atoms with E-state index < -0.39 is 5.92 Å². The van der Waals surface area contributed by atoms with Crippen molar-refractivity contribution in [1.82, 2.24) is 10.6 Å². The number of nitrogens with zero attached hydrogens (tertiary/aromatic N) is 1. The second-order valence-electron chi connectivity index (χ2n) is 7.78. The van der Waals surface area contributed by atoms with Crippen LogP contribution in [0.2, 0.25) is 10.0 Å². The van der Waals surface area contributed by atoms with Crippen LogP contribution in [0.25, 0.3) is 0 Å². The number of Topliss-reactive ketones (excluding diaryl/α,β-unsaturated/α-hetero) is 1. The number of allylic oxidation sites excluding steroid dienone is 3. The fourth-order valence-corrected chi connectivity index (χ4v) is 5.39. The van der Waals surface area contributed by atoms with Crippen LogP contribution in [0.15, 0.2) is 70.4 Å². The van der Waals surface area contributed by atoms with Gasteiger partial charge in [0, 0.05) is 24.2 Å². The molecule has 2 aromatic rings. The molecule has 0 bridgehead atoms. The highest BCUT2D eigenvalue weighted by Gasteiger charge is 2.38. The van der Waals surface area contributed by atoms with Gasteiger partial charge in [0.2, 0.25) is 5.91 Å². The molecule has 0 fully saturated rings. The summed E-state index contributed by atoms with van der Waals surface area (Å²) in [4.78, 5) is 25.4. The van der Waals surface area contributed by atoms with Crippen molar-refractivity contribution < 1.29 is 9.59 Å². The number of hydrogen-bond acceptors (Lipinski definition) is 5. The molecule has 33 heavy (non-hydrogen) atoms. The molecule has 168 valence electrons. The fraction of sp³-hybridized carbons (Fsp3) is 0.240. The van der Waals surface area contributed by atoms with Crippen molar-refractivity contribution in [3.63, 3.8) is 0 Å². The largest absolute Gasteiger partial charge is 0.352 e. The Labute approximate surface area is 206 Å². The molecule has 4 rings (SSSR count). The minimum Gasteiger partial charge on any atom is -0.352 e. The first-order chi connectivity index (χ1) is 16.0. The van der Waals surface area contributed by atoms with Crippen LogP contribution in [0.5, 0.6) is 0 Å². The van der Waals surface area contributed by atoms with Crippen LogP contribution in [-0.2, 0) is 16.1 Å². The molecule has 2 aliphatic rings. The molecule has 0 saturated carbocycles. The molecule has 1 aliphatic heterocycles. The summed E-state index contributed by atoms with van der Waals surface area (Å²) in [5.74, 6) is -0.623. The Kier molecular flexibility index (Phi) is 7.44. The number of rotatable bonds is 6. The van der Waals surface area contributed by atoms with E-state index >= 15 is 0 Å². The number of carbonyl (C=O) groups excluding carboxylic acids is 2. The van der Waals surface area contributed by atoms with E-state index in [1.165, 1.54) is 11.8 Å². The minimum atomic E-state index is -0.611. The molecule has 0 saturated heterocycles. The summed E-state index contributed by atoms with van der Waals surface area (Å²) >= 11 is 14.0. The van der Waals surface area contributed by atoms with Gasteiger partial charge < -0.3 is 10.6 Å². The van der Waals surface area contributed by atoms with E-state index in [0.29, 0.717) is 51.2 Å². The number of ketones is 1. The summed E-state index contributed by atoms with van der Waals surface area (Å²) in [7, 11) is 0. The zero-order valence-electron chi connectivity index (χ0n) is 17.7. The minimum absolute atomic E-state index is 0.00203. The van der Waals surface area contributed by atoms with Gasteiger partial charge in [0.05, 0.1) is 38.4 Å². The number of thioether (sulfide) groups is 1. The molecule has 2 aromatic carbocycles. The van der Waals surface area contributed by atoms with Crippen molar-refractivity contribution in [1.29, 1.82) is 5.26 Å². The molecule has 1 heterocycles. The fourth-order valence-electron chi connectivity index (χ4n) is 4.08. The third-order valence-electron chi connectivity index (χ3n) is 5.64. The number of amides is 1. The van der Waals surface area contributed by atoms with Gasteiger partial charge in [0.1, 0.15) is 0 Å². The third kappa shape index (κ3) is 5.11. The Hall–Kier alpha value is -2.72. The van der Waals surface area contributed by atoms with Gasteiger partial charge >= 0.3 is 0 Å². The lowest BCUT2D eigenvalue weighted by Crippen LogP contribution is -2.32. The maximum Gasteiger partial charge on any atom is 0.230 e. The van der Waals surface area contributed by atoms with Crippen molar-refractivity contribution in [3.8, 4) is 6.07 Å². The van der Waals surface area contributed by atoms with Gasteiger partial charge in [0.15, 0.2) is 5.78 Å². The smallest absolute Gasteiger partial charge is 0.230 e. The quantitative estimate of drug-likeness (QED) is 0.552. The van der Waals surface area contributed by atoms with Crippen molar-refractivity contribution >= 4 is 46.7 Å². The molecule has 0 unspecified atom stereocenters. The van der Waals surface area contributed by atoms with Gasteiger partial charge in [-0.1, -0.05) is 77.4 Å². The van der Waals surface area contributed by atoms with Crippen molar-refractivity contribution in [2.75, 3.05) is 5.75 Å². The Bertz CT molecular complexity index is 1200. The van der Waals surface area contributed by atoms with Crippen LogP contribution < -0.4 is 10.6 Å². The SMILES string of the molecule is N#CC1=C(SCC(=O)NCc2ccccc2)NC2=C(C(=O)CCC2)[C@@H]1c1cccc(Cl)c1Cl. The van der Waals surface area contributed by atoms with E-state index in [-0.39, 0.29) is 17.4 Å². The number of nitriles is 1. The lowest BCUT2D eigenvalue weighted by atomic mass is 9.77. The van der Waals surface area contributed by atoms with Crippen molar-refractivity contribution in [2.24, 2.45) is 0 Å². The zero-order chi connectivity index (χ0) is 23.4. The molecule has 5 nitrogen and oxygen atoms in total. The lowest BCUT2D eigenvalue weighted by Gasteiger charge is -2.33. The molecule has 2 N–H and O–H groups in total. The van der Waals surface area contributed by atoms with E-state index in [4.69, 9.17) is 23.2 Å². The Morgan fingerprint density at radius 1 is 1.15 bits per heavy atom. The molecule has 8 heteroatoms. The Morgan fingerprint density at radius 2 is 1.94 bits per heavy atom.